The number of likely N-dealkylation sites (N-methyl/N-ethyl adjacent to an activating group) is 1. The Kier molecular flexibility index (Phi) is 5.29. The van der Waals surface area contributed by atoms with Crippen LogP contribution in [0.25, 0.3) is 11.3 Å². The molecule has 160 valence electrons. The minimum absolute atomic E-state index is 0.168. The largest absolute Gasteiger partial charge is 0.457 e. The molecule has 32 heavy (non-hydrogen) atoms. The zero-order valence-electron chi connectivity index (χ0n) is 18.0. The van der Waals surface area contributed by atoms with Crippen molar-refractivity contribution in [2.24, 2.45) is 0 Å². The smallest absolute Gasteiger partial charge is 0.318 e. The standard InChI is InChI=1S/C26H25N4O2/c1-30(16-13-23-22(18-30)26(29-28-23)19-11-14-27-15-12-19)25(31)17-20-7-5-6-10-24(20)32-21-8-3-2-4-9-21/h2-12,14-15H,13,16-18H2,1H3,(H,28,29)/q+1. The van der Waals surface area contributed by atoms with E-state index in [0.717, 1.165) is 52.5 Å². The van der Waals surface area contributed by atoms with E-state index < -0.39 is 0 Å². The minimum Gasteiger partial charge on any atom is -0.457 e. The Balaban J connectivity index is 1.38. The fourth-order valence-electron chi connectivity index (χ4n) is 4.25. The molecule has 1 N–H and O–H groups in total. The van der Waals surface area contributed by atoms with Crippen molar-refractivity contribution in [3.63, 3.8) is 0 Å². The maximum atomic E-state index is 13.5. The summed E-state index contributed by atoms with van der Waals surface area (Å²) in [5.41, 5.74) is 5.06. The second kappa shape index (κ2) is 8.40. The zero-order valence-corrected chi connectivity index (χ0v) is 18.0. The quantitative estimate of drug-likeness (QED) is 0.477. The van der Waals surface area contributed by atoms with Crippen LogP contribution >= 0.6 is 0 Å². The van der Waals surface area contributed by atoms with E-state index in [-0.39, 0.29) is 5.91 Å². The van der Waals surface area contributed by atoms with Crippen molar-refractivity contribution in [2.75, 3.05) is 13.6 Å². The molecule has 0 saturated carbocycles. The van der Waals surface area contributed by atoms with Gasteiger partial charge >= 0.3 is 5.91 Å². The Morgan fingerprint density at radius 1 is 1.03 bits per heavy atom. The van der Waals surface area contributed by atoms with Crippen LogP contribution in [0, 0.1) is 0 Å². The summed E-state index contributed by atoms with van der Waals surface area (Å²) in [5, 5.41) is 7.72. The number of pyridine rings is 1. The number of rotatable bonds is 5. The van der Waals surface area contributed by atoms with Crippen molar-refractivity contribution in [3.05, 3.63) is 95.9 Å². The fourth-order valence-corrected chi connectivity index (χ4v) is 4.25. The number of fused-ring (bicyclic) bond motifs is 1. The summed E-state index contributed by atoms with van der Waals surface area (Å²) in [5.74, 6) is 1.65. The van der Waals surface area contributed by atoms with Crippen molar-refractivity contribution in [1.29, 1.82) is 0 Å². The first-order valence-corrected chi connectivity index (χ1v) is 10.8. The number of para-hydroxylation sites is 2. The fraction of sp³-hybridized carbons (Fsp3) is 0.192. The van der Waals surface area contributed by atoms with Crippen LogP contribution in [0.5, 0.6) is 11.5 Å². The van der Waals surface area contributed by atoms with E-state index in [0.29, 0.717) is 17.4 Å². The van der Waals surface area contributed by atoms with Gasteiger partial charge in [-0.25, -0.2) is 4.79 Å². The number of amides is 1. The molecule has 0 fully saturated rings. The van der Waals surface area contributed by atoms with E-state index in [1.165, 1.54) is 0 Å². The van der Waals surface area contributed by atoms with Crippen molar-refractivity contribution >= 4 is 5.91 Å². The number of carbonyl (C=O) groups excluding carboxylic acids is 1. The lowest BCUT2D eigenvalue weighted by atomic mass is 9.99. The van der Waals surface area contributed by atoms with E-state index in [9.17, 15) is 4.79 Å². The molecule has 4 aromatic rings. The number of hydrogen-bond donors (Lipinski definition) is 1. The van der Waals surface area contributed by atoms with Crippen molar-refractivity contribution in [3.8, 4) is 22.8 Å². The van der Waals surface area contributed by atoms with Gasteiger partial charge in [0.1, 0.15) is 23.7 Å². The third-order valence-electron chi connectivity index (χ3n) is 6.16. The van der Waals surface area contributed by atoms with Crippen molar-refractivity contribution in [1.82, 2.24) is 15.2 Å². The summed E-state index contributed by atoms with van der Waals surface area (Å²) < 4.78 is 6.41. The Labute approximate surface area is 187 Å². The molecule has 2 aromatic heterocycles. The lowest BCUT2D eigenvalue weighted by molar-refractivity contribution is -0.850. The lowest BCUT2D eigenvalue weighted by Gasteiger charge is -2.35. The highest BCUT2D eigenvalue weighted by atomic mass is 16.5. The Morgan fingerprint density at radius 3 is 2.59 bits per heavy atom. The molecule has 6 heteroatoms. The van der Waals surface area contributed by atoms with E-state index in [1.807, 2.05) is 73.8 Å². The molecule has 1 aliphatic heterocycles. The maximum Gasteiger partial charge on any atom is 0.318 e. The highest BCUT2D eigenvalue weighted by Crippen LogP contribution is 2.32. The summed E-state index contributed by atoms with van der Waals surface area (Å²) in [6.45, 7) is 1.36. The Hall–Kier alpha value is -3.77. The molecule has 0 saturated heterocycles. The molecule has 6 nitrogen and oxygen atoms in total. The highest BCUT2D eigenvalue weighted by molar-refractivity contribution is 5.74. The minimum atomic E-state index is 0.168. The van der Waals surface area contributed by atoms with Crippen LogP contribution in [0.2, 0.25) is 0 Å². The summed E-state index contributed by atoms with van der Waals surface area (Å²) in [4.78, 5) is 17.7. The number of carbonyl (C=O) groups is 1. The van der Waals surface area contributed by atoms with Crippen LogP contribution in [0.1, 0.15) is 16.8 Å². The molecule has 0 spiro atoms. The Bertz CT molecular complexity index is 1240. The highest BCUT2D eigenvalue weighted by Gasteiger charge is 2.38. The molecule has 1 aliphatic rings. The van der Waals surface area contributed by atoms with E-state index in [2.05, 4.69) is 15.2 Å². The van der Waals surface area contributed by atoms with E-state index in [1.54, 1.807) is 12.4 Å². The summed E-state index contributed by atoms with van der Waals surface area (Å²) >= 11 is 0. The number of hydrogen-bond acceptors (Lipinski definition) is 4. The number of H-pyrrole nitrogens is 1. The molecule has 3 heterocycles. The molecular weight excluding hydrogens is 400 g/mol. The summed E-state index contributed by atoms with van der Waals surface area (Å²) in [7, 11) is 2.02. The van der Waals surface area contributed by atoms with Gasteiger partial charge in [-0.15, -0.1) is 0 Å². The monoisotopic (exact) mass is 425 g/mol. The molecule has 2 aromatic carbocycles. The lowest BCUT2D eigenvalue weighted by Crippen LogP contribution is -2.52. The van der Waals surface area contributed by atoms with Crippen LogP contribution in [0.15, 0.2) is 79.1 Å². The van der Waals surface area contributed by atoms with Gasteiger partial charge in [0.25, 0.3) is 0 Å². The second-order valence-corrected chi connectivity index (χ2v) is 8.39. The first-order valence-electron chi connectivity index (χ1n) is 10.8. The molecular formula is C26H25N4O2+. The third kappa shape index (κ3) is 3.92. The summed E-state index contributed by atoms with van der Waals surface area (Å²) in [6.07, 6.45) is 4.64. The van der Waals surface area contributed by atoms with Gasteiger partial charge in [0.2, 0.25) is 0 Å². The molecule has 1 amide bonds. The zero-order chi connectivity index (χ0) is 22.0. The predicted octanol–water partition coefficient (Wildman–Crippen LogP) is 4.54. The van der Waals surface area contributed by atoms with Crippen molar-refractivity contribution < 1.29 is 14.0 Å². The van der Waals surface area contributed by atoms with Crippen LogP contribution in [0.3, 0.4) is 0 Å². The van der Waals surface area contributed by atoms with Crippen LogP contribution in [-0.4, -0.2) is 39.2 Å². The number of aromatic nitrogens is 3. The number of benzene rings is 2. The number of nitrogens with zero attached hydrogens (tertiary/aromatic N) is 3. The maximum absolute atomic E-state index is 13.5. The van der Waals surface area contributed by atoms with Gasteiger partial charge < -0.3 is 4.74 Å². The first-order chi connectivity index (χ1) is 15.6. The predicted molar refractivity (Wildman–Crippen MR) is 122 cm³/mol. The second-order valence-electron chi connectivity index (χ2n) is 8.39. The van der Waals surface area contributed by atoms with Gasteiger partial charge in [-0.3, -0.25) is 14.6 Å². The van der Waals surface area contributed by atoms with E-state index in [4.69, 9.17) is 4.74 Å². The van der Waals surface area contributed by atoms with Gasteiger partial charge in [0, 0.05) is 29.9 Å². The van der Waals surface area contributed by atoms with Crippen LogP contribution in [0.4, 0.5) is 0 Å². The molecule has 1 unspecified atom stereocenters. The molecule has 1 atom stereocenters. The average Bonchev–Trinajstić information content (AvgIpc) is 3.24. The van der Waals surface area contributed by atoms with Gasteiger partial charge in [-0.1, -0.05) is 36.4 Å². The molecule has 5 rings (SSSR count). The average molecular weight is 426 g/mol. The van der Waals surface area contributed by atoms with Gasteiger partial charge in [0.05, 0.1) is 31.3 Å². The molecule has 0 aliphatic carbocycles. The first kappa shape index (κ1) is 20.2. The van der Waals surface area contributed by atoms with Gasteiger partial charge in [0.15, 0.2) is 0 Å². The van der Waals surface area contributed by atoms with Crippen LogP contribution in [-0.2, 0) is 24.2 Å². The van der Waals surface area contributed by atoms with Gasteiger partial charge in [-0.05, 0) is 30.3 Å². The molecule has 0 bridgehead atoms. The SMILES string of the molecule is C[N+]1(C(=O)Cc2ccccc2Oc2ccccc2)CCc2[nH]nc(-c3ccncc3)c2C1. The number of aromatic amines is 1. The third-order valence-corrected chi connectivity index (χ3v) is 6.16. The number of nitrogens with one attached hydrogen (secondary N) is 1. The number of ether oxygens (including phenoxy) is 1. The summed E-state index contributed by atoms with van der Waals surface area (Å²) in [6, 6.07) is 21.3. The van der Waals surface area contributed by atoms with Crippen molar-refractivity contribution in [2.45, 2.75) is 19.4 Å². The molecule has 0 radical (unpaired) electrons. The topological polar surface area (TPSA) is 67.9 Å². The normalized spacial score (nSPS) is 17.5. The van der Waals surface area contributed by atoms with E-state index >= 15 is 0 Å². The Morgan fingerprint density at radius 2 is 1.78 bits per heavy atom. The van der Waals surface area contributed by atoms with Crippen LogP contribution < -0.4 is 4.74 Å². The number of quaternary nitrogens is 1. The van der Waals surface area contributed by atoms with Gasteiger partial charge in [-0.2, -0.15) is 5.10 Å².